The van der Waals surface area contributed by atoms with Gasteiger partial charge in [0.25, 0.3) is 5.91 Å². The fourth-order valence-corrected chi connectivity index (χ4v) is 2.84. The first-order chi connectivity index (χ1) is 14.9. The number of carbonyl (C=O) groups excluding carboxylic acids is 1. The van der Waals surface area contributed by atoms with Gasteiger partial charge in [-0.05, 0) is 57.2 Å². The molecule has 2 aromatic carbocycles. The molecule has 0 saturated heterocycles. The molecule has 6 nitrogen and oxygen atoms in total. The molecule has 0 spiro atoms. The Kier molecular flexibility index (Phi) is 6.50. The number of alkyl halides is 3. The van der Waals surface area contributed by atoms with Gasteiger partial charge in [0.15, 0.2) is 5.82 Å². The number of amides is 1. The average molecular weight is 445 g/mol. The Balaban J connectivity index is 2.01. The van der Waals surface area contributed by atoms with Crippen molar-refractivity contribution in [2.45, 2.75) is 32.7 Å². The van der Waals surface area contributed by atoms with Crippen molar-refractivity contribution >= 4 is 5.91 Å². The molecule has 0 aliphatic heterocycles. The summed E-state index contributed by atoms with van der Waals surface area (Å²) < 4.78 is 41.2. The molecule has 1 amide bonds. The Hall–Kier alpha value is -3.46. The number of nitrogens with zero attached hydrogens (tertiary/aromatic N) is 2. The van der Waals surface area contributed by atoms with E-state index in [-0.39, 0.29) is 23.8 Å². The quantitative estimate of drug-likeness (QED) is 0.583. The zero-order valence-electron chi connectivity index (χ0n) is 17.7. The highest BCUT2D eigenvalue weighted by atomic mass is 19.4. The van der Waals surface area contributed by atoms with Gasteiger partial charge in [-0.1, -0.05) is 23.8 Å². The van der Waals surface area contributed by atoms with Crippen LogP contribution in [-0.2, 0) is 0 Å². The summed E-state index contributed by atoms with van der Waals surface area (Å²) >= 11 is 0. The summed E-state index contributed by atoms with van der Waals surface area (Å²) in [6.07, 6.45) is -4.79. The second kappa shape index (κ2) is 8.96. The van der Waals surface area contributed by atoms with Crippen molar-refractivity contribution in [1.29, 1.82) is 0 Å². The predicted octanol–water partition coefficient (Wildman–Crippen LogP) is 4.52. The fraction of sp³-hybridized carbons (Fsp3) is 0.261. The average Bonchev–Trinajstić information content (AvgIpc) is 2.70. The molecule has 0 saturated carbocycles. The molecule has 9 heteroatoms. The van der Waals surface area contributed by atoms with Gasteiger partial charge < -0.3 is 15.2 Å². The lowest BCUT2D eigenvalue weighted by atomic mass is 10.1. The minimum absolute atomic E-state index is 0.00836. The molecule has 0 radical (unpaired) electrons. The zero-order valence-corrected chi connectivity index (χ0v) is 17.7. The Morgan fingerprint density at radius 3 is 2.31 bits per heavy atom. The van der Waals surface area contributed by atoms with Crippen molar-refractivity contribution in [3.05, 3.63) is 65.9 Å². The SMILES string of the molecule is Cc1cccc(-c2nc(C(=O)NCC(C)(C)O)cc(-c3ccc(OC(F)(F)F)cc3)n2)c1. The molecule has 168 valence electrons. The monoisotopic (exact) mass is 445 g/mol. The highest BCUT2D eigenvalue weighted by Crippen LogP contribution is 2.27. The van der Waals surface area contributed by atoms with Crippen LogP contribution in [0.4, 0.5) is 13.2 Å². The molecule has 0 atom stereocenters. The van der Waals surface area contributed by atoms with Crippen LogP contribution in [0.2, 0.25) is 0 Å². The number of hydrogen-bond donors (Lipinski definition) is 2. The molecule has 1 heterocycles. The summed E-state index contributed by atoms with van der Waals surface area (Å²) in [5.74, 6) is -0.589. The number of benzene rings is 2. The highest BCUT2D eigenvalue weighted by molar-refractivity contribution is 5.93. The maximum absolute atomic E-state index is 12.7. The molecule has 0 unspecified atom stereocenters. The van der Waals surface area contributed by atoms with E-state index in [1.807, 2.05) is 25.1 Å². The molecule has 1 aromatic heterocycles. The van der Waals surface area contributed by atoms with Crippen LogP contribution in [0.1, 0.15) is 29.9 Å². The number of hydrogen-bond acceptors (Lipinski definition) is 5. The topological polar surface area (TPSA) is 84.3 Å². The summed E-state index contributed by atoms with van der Waals surface area (Å²) in [7, 11) is 0. The second-order valence-electron chi connectivity index (χ2n) is 7.90. The molecule has 0 bridgehead atoms. The van der Waals surface area contributed by atoms with Gasteiger partial charge in [-0.25, -0.2) is 9.97 Å². The Labute approximate surface area is 183 Å². The fourth-order valence-electron chi connectivity index (χ4n) is 2.84. The number of halogens is 3. The maximum atomic E-state index is 12.7. The van der Waals surface area contributed by atoms with Crippen LogP contribution in [0.25, 0.3) is 22.6 Å². The van der Waals surface area contributed by atoms with E-state index in [4.69, 9.17) is 0 Å². The molecular formula is C23H22F3N3O3. The van der Waals surface area contributed by atoms with E-state index in [1.165, 1.54) is 30.3 Å². The summed E-state index contributed by atoms with van der Waals surface area (Å²) in [6.45, 7) is 5.03. The standard InChI is InChI=1S/C23H22F3N3O3/c1-14-5-4-6-16(11-14)20-28-18(12-19(29-20)21(30)27-13-22(2,3)31)15-7-9-17(10-8-15)32-23(24,25)26/h4-12,31H,13H2,1-3H3,(H,27,30). The number of carbonyl (C=O) groups is 1. The van der Waals surface area contributed by atoms with E-state index in [0.29, 0.717) is 16.8 Å². The van der Waals surface area contributed by atoms with E-state index < -0.39 is 17.9 Å². The van der Waals surface area contributed by atoms with Crippen molar-refractivity contribution in [3.63, 3.8) is 0 Å². The minimum atomic E-state index is -4.79. The molecule has 0 aliphatic rings. The normalized spacial score (nSPS) is 11.8. The highest BCUT2D eigenvalue weighted by Gasteiger charge is 2.31. The largest absolute Gasteiger partial charge is 0.573 e. The molecular weight excluding hydrogens is 423 g/mol. The van der Waals surface area contributed by atoms with Gasteiger partial charge in [0.05, 0.1) is 11.3 Å². The summed E-state index contributed by atoms with van der Waals surface area (Å²) in [4.78, 5) is 21.5. The van der Waals surface area contributed by atoms with Crippen LogP contribution in [0, 0.1) is 6.92 Å². The predicted molar refractivity (Wildman–Crippen MR) is 113 cm³/mol. The number of ether oxygens (including phenoxy) is 1. The molecule has 3 aromatic rings. The van der Waals surface area contributed by atoms with Gasteiger partial charge in [0.1, 0.15) is 11.4 Å². The number of aliphatic hydroxyl groups is 1. The third-order valence-corrected chi connectivity index (χ3v) is 4.30. The van der Waals surface area contributed by atoms with Crippen molar-refractivity contribution < 1.29 is 27.8 Å². The number of aromatic nitrogens is 2. The lowest BCUT2D eigenvalue weighted by Gasteiger charge is -2.17. The van der Waals surface area contributed by atoms with Gasteiger partial charge in [0, 0.05) is 17.7 Å². The van der Waals surface area contributed by atoms with Crippen LogP contribution < -0.4 is 10.1 Å². The summed E-state index contributed by atoms with van der Waals surface area (Å²) in [6, 6.07) is 14.0. The third-order valence-electron chi connectivity index (χ3n) is 4.30. The Morgan fingerprint density at radius 2 is 1.72 bits per heavy atom. The number of rotatable bonds is 6. The maximum Gasteiger partial charge on any atom is 0.573 e. The van der Waals surface area contributed by atoms with Gasteiger partial charge >= 0.3 is 6.36 Å². The van der Waals surface area contributed by atoms with Crippen LogP contribution in [0.15, 0.2) is 54.6 Å². The first-order valence-electron chi connectivity index (χ1n) is 9.72. The second-order valence-corrected chi connectivity index (χ2v) is 7.90. The van der Waals surface area contributed by atoms with Crippen LogP contribution in [0.3, 0.4) is 0 Å². The molecule has 32 heavy (non-hydrogen) atoms. The van der Waals surface area contributed by atoms with Crippen LogP contribution >= 0.6 is 0 Å². The van der Waals surface area contributed by atoms with Crippen LogP contribution in [0.5, 0.6) is 5.75 Å². The van der Waals surface area contributed by atoms with E-state index in [2.05, 4.69) is 20.0 Å². The van der Waals surface area contributed by atoms with Gasteiger partial charge in [-0.3, -0.25) is 4.79 Å². The van der Waals surface area contributed by atoms with Gasteiger partial charge in [-0.2, -0.15) is 0 Å². The summed E-state index contributed by atoms with van der Waals surface area (Å²) in [5.41, 5.74) is 1.43. The van der Waals surface area contributed by atoms with Crippen LogP contribution in [-0.4, -0.2) is 39.5 Å². The zero-order chi connectivity index (χ0) is 23.5. The van der Waals surface area contributed by atoms with Gasteiger partial charge in [-0.15, -0.1) is 13.2 Å². The molecule has 0 fully saturated rings. The van der Waals surface area contributed by atoms with E-state index in [1.54, 1.807) is 19.9 Å². The van der Waals surface area contributed by atoms with Gasteiger partial charge in [0.2, 0.25) is 0 Å². The minimum Gasteiger partial charge on any atom is -0.406 e. The van der Waals surface area contributed by atoms with E-state index in [0.717, 1.165) is 5.56 Å². The Morgan fingerprint density at radius 1 is 1.03 bits per heavy atom. The molecule has 3 rings (SSSR count). The van der Waals surface area contributed by atoms with Crippen molar-refractivity contribution in [2.24, 2.45) is 0 Å². The number of nitrogens with one attached hydrogen (secondary N) is 1. The van der Waals surface area contributed by atoms with Crippen molar-refractivity contribution in [2.75, 3.05) is 6.54 Å². The molecule has 2 N–H and O–H groups in total. The Bertz CT molecular complexity index is 1110. The first kappa shape index (κ1) is 23.2. The molecule has 0 aliphatic carbocycles. The lowest BCUT2D eigenvalue weighted by Crippen LogP contribution is -2.38. The first-order valence-corrected chi connectivity index (χ1v) is 9.72. The van der Waals surface area contributed by atoms with E-state index in [9.17, 15) is 23.1 Å². The van der Waals surface area contributed by atoms with Crippen molar-refractivity contribution in [3.8, 4) is 28.4 Å². The lowest BCUT2D eigenvalue weighted by molar-refractivity contribution is -0.274. The van der Waals surface area contributed by atoms with Crippen molar-refractivity contribution in [1.82, 2.24) is 15.3 Å². The van der Waals surface area contributed by atoms with E-state index >= 15 is 0 Å². The number of aryl methyl sites for hydroxylation is 1. The summed E-state index contributed by atoms with van der Waals surface area (Å²) in [5, 5.41) is 12.5. The third kappa shape index (κ3) is 6.52. The smallest absolute Gasteiger partial charge is 0.406 e.